The van der Waals surface area contributed by atoms with Gasteiger partial charge in [0.15, 0.2) is 5.69 Å². The normalized spacial score (nSPS) is 15.2. The number of nitrogens with zero attached hydrogens (tertiary/aromatic N) is 4. The van der Waals surface area contributed by atoms with Crippen LogP contribution in [0.4, 0.5) is 5.69 Å². The Hall–Kier alpha value is -3.13. The van der Waals surface area contributed by atoms with Gasteiger partial charge in [0.2, 0.25) is 5.91 Å². The number of aryl methyl sites for hydroxylation is 1. The van der Waals surface area contributed by atoms with E-state index in [-0.39, 0.29) is 23.6 Å². The first kappa shape index (κ1) is 22.1. The smallest absolute Gasteiger partial charge is 0.280 e. The van der Waals surface area contributed by atoms with Crippen LogP contribution in [0.15, 0.2) is 54.2 Å². The van der Waals surface area contributed by atoms with Crippen LogP contribution < -0.4 is 10.2 Å². The largest absolute Gasteiger partial charge is 0.351 e. The van der Waals surface area contributed by atoms with Crippen LogP contribution in [0.2, 0.25) is 0 Å². The highest BCUT2D eigenvalue weighted by atomic mass is 32.1. The Morgan fingerprint density at radius 1 is 1.09 bits per heavy atom. The van der Waals surface area contributed by atoms with Gasteiger partial charge in [-0.1, -0.05) is 42.8 Å². The molecule has 8 heteroatoms. The molecule has 2 amide bonds. The van der Waals surface area contributed by atoms with Gasteiger partial charge in [-0.2, -0.15) is 0 Å². The van der Waals surface area contributed by atoms with Crippen LogP contribution in [0.25, 0.3) is 0 Å². The molecule has 1 aliphatic rings. The highest BCUT2D eigenvalue weighted by Crippen LogP contribution is 2.30. The molecule has 1 aliphatic carbocycles. The van der Waals surface area contributed by atoms with E-state index >= 15 is 0 Å². The average Bonchev–Trinajstić information content (AvgIpc) is 3.38. The van der Waals surface area contributed by atoms with Crippen molar-refractivity contribution in [2.45, 2.75) is 57.5 Å². The summed E-state index contributed by atoms with van der Waals surface area (Å²) in [6.45, 7) is 2.08. The predicted octanol–water partition coefficient (Wildman–Crippen LogP) is 4.33. The Labute approximate surface area is 192 Å². The number of anilines is 1. The van der Waals surface area contributed by atoms with E-state index in [1.165, 1.54) is 11.3 Å². The first-order chi connectivity index (χ1) is 15.7. The van der Waals surface area contributed by atoms with Gasteiger partial charge in [-0.3, -0.25) is 19.5 Å². The number of carbonyl (C=O) groups is 2. The van der Waals surface area contributed by atoms with Gasteiger partial charge in [0.25, 0.3) is 5.91 Å². The lowest BCUT2D eigenvalue weighted by molar-refractivity contribution is -0.123. The monoisotopic (exact) mass is 449 g/mol. The van der Waals surface area contributed by atoms with Gasteiger partial charge in [0.05, 0.1) is 0 Å². The minimum atomic E-state index is -0.846. The lowest BCUT2D eigenvalue weighted by atomic mass is 9.94. The third-order valence-corrected chi connectivity index (χ3v) is 6.41. The number of hydrogen-bond acceptors (Lipinski definition) is 6. The topological polar surface area (TPSA) is 88.1 Å². The van der Waals surface area contributed by atoms with Gasteiger partial charge < -0.3 is 5.32 Å². The van der Waals surface area contributed by atoms with Crippen molar-refractivity contribution in [3.8, 4) is 0 Å². The van der Waals surface area contributed by atoms with Crippen LogP contribution in [0.3, 0.4) is 0 Å². The standard InChI is InChI=1S/C24H27N5O2S/c1-2-17-8-10-20(11-9-17)29(24(31)21-16-32-28-27-21)22(18-12-14-25-15-13-18)23(30)26-19-6-4-3-5-7-19/h8-16,19,22H,2-7H2,1H3,(H,26,30)/t22-/m0/s1. The van der Waals surface area contributed by atoms with Crippen LogP contribution in [-0.4, -0.2) is 32.4 Å². The number of rotatable bonds is 7. The fourth-order valence-corrected chi connectivity index (χ4v) is 4.58. The molecule has 166 valence electrons. The van der Waals surface area contributed by atoms with E-state index in [1.807, 2.05) is 24.3 Å². The predicted molar refractivity (Wildman–Crippen MR) is 125 cm³/mol. The molecule has 0 radical (unpaired) electrons. The quantitative estimate of drug-likeness (QED) is 0.580. The fourth-order valence-electron chi connectivity index (χ4n) is 4.15. The van der Waals surface area contributed by atoms with E-state index in [0.717, 1.165) is 49.2 Å². The molecule has 0 saturated heterocycles. The molecule has 1 N–H and O–H groups in total. The molecule has 1 atom stereocenters. The third kappa shape index (κ3) is 5.02. The first-order valence-corrected chi connectivity index (χ1v) is 11.9. The van der Waals surface area contributed by atoms with Gasteiger partial charge in [0.1, 0.15) is 6.04 Å². The van der Waals surface area contributed by atoms with Crippen molar-refractivity contribution in [3.05, 3.63) is 71.0 Å². The third-order valence-electron chi connectivity index (χ3n) is 5.90. The van der Waals surface area contributed by atoms with Crippen molar-refractivity contribution >= 4 is 29.0 Å². The minimum Gasteiger partial charge on any atom is -0.351 e. The van der Waals surface area contributed by atoms with Crippen molar-refractivity contribution in [1.82, 2.24) is 19.9 Å². The summed E-state index contributed by atoms with van der Waals surface area (Å²) in [5.41, 5.74) is 2.72. The molecule has 1 fully saturated rings. The molecule has 2 heterocycles. The lowest BCUT2D eigenvalue weighted by Gasteiger charge is -2.33. The van der Waals surface area contributed by atoms with Gasteiger partial charge in [-0.25, -0.2) is 0 Å². The maximum absolute atomic E-state index is 13.7. The SMILES string of the molecule is CCc1ccc(N(C(=O)c2csnn2)[C@H](C(=O)NC2CCCCC2)c2ccncc2)cc1. The number of carbonyl (C=O) groups excluding carboxylic acids is 2. The van der Waals surface area contributed by atoms with E-state index in [0.29, 0.717) is 11.3 Å². The maximum Gasteiger partial charge on any atom is 0.280 e. The first-order valence-electron chi connectivity index (χ1n) is 11.1. The Bertz CT molecular complexity index is 1020. The summed E-state index contributed by atoms with van der Waals surface area (Å²) >= 11 is 1.11. The molecule has 1 aromatic carbocycles. The van der Waals surface area contributed by atoms with Gasteiger partial charge >= 0.3 is 0 Å². The van der Waals surface area contributed by atoms with Crippen LogP contribution in [0.1, 0.15) is 66.7 Å². The van der Waals surface area contributed by atoms with Crippen molar-refractivity contribution in [2.24, 2.45) is 0 Å². The Morgan fingerprint density at radius 3 is 2.44 bits per heavy atom. The molecule has 7 nitrogen and oxygen atoms in total. The summed E-state index contributed by atoms with van der Waals surface area (Å²) in [7, 11) is 0. The average molecular weight is 450 g/mol. The summed E-state index contributed by atoms with van der Waals surface area (Å²) in [6, 6.07) is 10.6. The summed E-state index contributed by atoms with van der Waals surface area (Å²) in [5.74, 6) is -0.553. The van der Waals surface area contributed by atoms with Crippen molar-refractivity contribution in [1.29, 1.82) is 0 Å². The second-order valence-electron chi connectivity index (χ2n) is 8.01. The number of pyridine rings is 1. The molecule has 2 aromatic heterocycles. The zero-order valence-electron chi connectivity index (χ0n) is 18.1. The summed E-state index contributed by atoms with van der Waals surface area (Å²) in [5, 5.41) is 8.79. The van der Waals surface area contributed by atoms with Crippen LogP contribution >= 0.6 is 11.5 Å². The minimum absolute atomic E-state index is 0.126. The lowest BCUT2D eigenvalue weighted by Crippen LogP contribution is -2.47. The van der Waals surface area contributed by atoms with Gasteiger partial charge in [0, 0.05) is 29.5 Å². The van der Waals surface area contributed by atoms with Crippen molar-refractivity contribution in [2.75, 3.05) is 4.90 Å². The molecule has 3 aromatic rings. The molecule has 4 rings (SSSR count). The van der Waals surface area contributed by atoms with E-state index < -0.39 is 6.04 Å². The highest BCUT2D eigenvalue weighted by Gasteiger charge is 2.35. The fraction of sp³-hybridized carbons (Fsp3) is 0.375. The molecule has 0 bridgehead atoms. The molecule has 1 saturated carbocycles. The molecular weight excluding hydrogens is 422 g/mol. The van der Waals surface area contributed by atoms with E-state index in [9.17, 15) is 9.59 Å². The Kier molecular flexibility index (Phi) is 7.21. The number of aromatic nitrogens is 3. The number of nitrogens with one attached hydrogen (secondary N) is 1. The molecule has 0 spiro atoms. The molecule has 0 aliphatic heterocycles. The van der Waals surface area contributed by atoms with Crippen LogP contribution in [-0.2, 0) is 11.2 Å². The van der Waals surface area contributed by atoms with E-state index in [2.05, 4.69) is 26.8 Å². The zero-order chi connectivity index (χ0) is 22.3. The van der Waals surface area contributed by atoms with E-state index in [4.69, 9.17) is 0 Å². The summed E-state index contributed by atoms with van der Waals surface area (Å²) in [6.07, 6.45) is 9.51. The zero-order valence-corrected chi connectivity index (χ0v) is 18.9. The van der Waals surface area contributed by atoms with Crippen LogP contribution in [0.5, 0.6) is 0 Å². The molecular formula is C24H27N5O2S. The maximum atomic E-state index is 13.7. The second-order valence-corrected chi connectivity index (χ2v) is 8.62. The Balaban J connectivity index is 1.76. The van der Waals surface area contributed by atoms with Gasteiger partial charge in [-0.05, 0) is 66.2 Å². The Morgan fingerprint density at radius 2 is 1.81 bits per heavy atom. The van der Waals surface area contributed by atoms with Gasteiger partial charge in [-0.15, -0.1) is 5.10 Å². The van der Waals surface area contributed by atoms with Crippen molar-refractivity contribution < 1.29 is 9.59 Å². The molecule has 32 heavy (non-hydrogen) atoms. The number of hydrogen-bond donors (Lipinski definition) is 1. The van der Waals surface area contributed by atoms with Crippen LogP contribution in [0, 0.1) is 0 Å². The summed E-state index contributed by atoms with van der Waals surface area (Å²) < 4.78 is 3.85. The second kappa shape index (κ2) is 10.5. The highest BCUT2D eigenvalue weighted by molar-refractivity contribution is 7.03. The number of amides is 2. The summed E-state index contributed by atoms with van der Waals surface area (Å²) in [4.78, 5) is 32.9. The number of benzene rings is 1. The van der Waals surface area contributed by atoms with Crippen molar-refractivity contribution in [3.63, 3.8) is 0 Å². The van der Waals surface area contributed by atoms with E-state index in [1.54, 1.807) is 29.9 Å². The molecule has 0 unspecified atom stereocenters.